The second kappa shape index (κ2) is 8.99. The number of benzene rings is 1. The summed E-state index contributed by atoms with van der Waals surface area (Å²) in [6, 6.07) is 6.75. The minimum atomic E-state index is -0.903. The number of rotatable bonds is 7. The van der Waals surface area contributed by atoms with Crippen molar-refractivity contribution in [3.05, 3.63) is 47.4 Å². The first-order valence-electron chi connectivity index (χ1n) is 8.79. The number of esters is 3. The number of ether oxygens (including phenoxy) is 3. The van der Waals surface area contributed by atoms with Crippen molar-refractivity contribution in [2.75, 3.05) is 26.6 Å². The number of aromatic amines is 1. The maximum absolute atomic E-state index is 12.3. The summed E-state index contributed by atoms with van der Waals surface area (Å²) in [6.45, 7) is 0. The summed E-state index contributed by atoms with van der Waals surface area (Å²) in [6.07, 6.45) is 2.04. The molecule has 3 aromatic rings. The number of anilines is 1. The lowest BCUT2D eigenvalue weighted by Crippen LogP contribution is -2.34. The number of hydrogen-bond donors (Lipinski definition) is 2. The molecule has 2 aromatic heterocycles. The highest BCUT2D eigenvalue weighted by molar-refractivity contribution is 6.00. The molecule has 1 atom stereocenters. The smallest absolute Gasteiger partial charge is 0.361 e. The van der Waals surface area contributed by atoms with Gasteiger partial charge in [-0.3, -0.25) is 0 Å². The Hall–Kier alpha value is -4.02. The van der Waals surface area contributed by atoms with Crippen molar-refractivity contribution in [1.29, 1.82) is 0 Å². The molecule has 11 heteroatoms. The van der Waals surface area contributed by atoms with Gasteiger partial charge in [0.15, 0.2) is 5.69 Å². The SMILES string of the molecule is COC(=O)c1nnc(N[C@@H](Cc2c[nH]c3ccccc23)C(=O)OC)nc1C(=O)OC. The zero-order chi connectivity index (χ0) is 21.7. The highest BCUT2D eigenvalue weighted by Crippen LogP contribution is 2.20. The highest BCUT2D eigenvalue weighted by Gasteiger charge is 2.27. The topological polar surface area (TPSA) is 145 Å². The number of hydrogen-bond acceptors (Lipinski definition) is 10. The van der Waals surface area contributed by atoms with Crippen LogP contribution in [-0.4, -0.2) is 65.4 Å². The van der Waals surface area contributed by atoms with Crippen molar-refractivity contribution in [3.8, 4) is 0 Å². The molecule has 0 amide bonds. The Kier molecular flexibility index (Phi) is 6.20. The maximum Gasteiger partial charge on any atom is 0.361 e. The Morgan fingerprint density at radius 3 is 2.40 bits per heavy atom. The lowest BCUT2D eigenvalue weighted by Gasteiger charge is -2.16. The molecule has 0 radical (unpaired) electrons. The molecule has 0 saturated heterocycles. The molecule has 0 unspecified atom stereocenters. The van der Waals surface area contributed by atoms with E-state index in [0.29, 0.717) is 0 Å². The molecule has 2 heterocycles. The molecule has 2 N–H and O–H groups in total. The molecular formula is C19H19N5O6. The third-order valence-electron chi connectivity index (χ3n) is 4.33. The first-order chi connectivity index (χ1) is 14.5. The van der Waals surface area contributed by atoms with Gasteiger partial charge in [-0.05, 0) is 11.6 Å². The standard InChI is InChI=1S/C19H19N5O6/c1-28-16(25)13(8-10-9-20-12-7-5-4-6-11(10)12)21-19-22-14(17(26)29-2)15(23-24-19)18(27)30-3/h4-7,9,13,20H,8H2,1-3H3,(H,21,22,24)/t13-/m0/s1. The number of para-hydroxylation sites is 1. The molecule has 0 aliphatic rings. The molecule has 0 spiro atoms. The predicted molar refractivity (Wildman–Crippen MR) is 104 cm³/mol. The van der Waals surface area contributed by atoms with Crippen LogP contribution in [-0.2, 0) is 25.4 Å². The number of fused-ring (bicyclic) bond motifs is 1. The van der Waals surface area contributed by atoms with Crippen molar-refractivity contribution in [2.45, 2.75) is 12.5 Å². The molecule has 11 nitrogen and oxygen atoms in total. The Morgan fingerprint density at radius 1 is 1.00 bits per heavy atom. The largest absolute Gasteiger partial charge is 0.467 e. The zero-order valence-electron chi connectivity index (χ0n) is 16.5. The fourth-order valence-corrected chi connectivity index (χ4v) is 2.87. The van der Waals surface area contributed by atoms with Gasteiger partial charge in [0.05, 0.1) is 21.3 Å². The number of aromatic nitrogens is 4. The van der Waals surface area contributed by atoms with Gasteiger partial charge < -0.3 is 24.5 Å². The van der Waals surface area contributed by atoms with E-state index in [1.165, 1.54) is 7.11 Å². The second-order valence-electron chi connectivity index (χ2n) is 6.10. The molecular weight excluding hydrogens is 394 g/mol. The van der Waals surface area contributed by atoms with Crippen LogP contribution in [0.3, 0.4) is 0 Å². The number of carbonyl (C=O) groups is 3. The van der Waals surface area contributed by atoms with Gasteiger partial charge in [0.25, 0.3) is 0 Å². The van der Waals surface area contributed by atoms with Crippen LogP contribution < -0.4 is 5.32 Å². The lowest BCUT2D eigenvalue weighted by atomic mass is 10.1. The van der Waals surface area contributed by atoms with Crippen LogP contribution in [0.25, 0.3) is 10.9 Å². The summed E-state index contributed by atoms with van der Waals surface area (Å²) in [5.41, 5.74) is 0.990. The van der Waals surface area contributed by atoms with E-state index in [4.69, 9.17) is 4.74 Å². The normalized spacial score (nSPS) is 11.6. The Bertz CT molecular complexity index is 1100. The molecule has 156 valence electrons. The quantitative estimate of drug-likeness (QED) is 0.427. The highest BCUT2D eigenvalue weighted by atomic mass is 16.5. The molecule has 0 aliphatic heterocycles. The molecule has 0 fully saturated rings. The third-order valence-corrected chi connectivity index (χ3v) is 4.33. The van der Waals surface area contributed by atoms with Gasteiger partial charge in [-0.15, -0.1) is 10.2 Å². The molecule has 30 heavy (non-hydrogen) atoms. The van der Waals surface area contributed by atoms with Gasteiger partial charge in [0, 0.05) is 23.5 Å². The summed E-state index contributed by atoms with van der Waals surface area (Å²) in [5, 5.41) is 11.2. The third kappa shape index (κ3) is 4.19. The number of methoxy groups -OCH3 is 3. The summed E-state index contributed by atoms with van der Waals surface area (Å²) in [5.74, 6) is -2.52. The predicted octanol–water partition coefficient (Wildman–Crippen LogP) is 1.12. The average molecular weight is 413 g/mol. The van der Waals surface area contributed by atoms with E-state index >= 15 is 0 Å². The average Bonchev–Trinajstić information content (AvgIpc) is 3.19. The minimum Gasteiger partial charge on any atom is -0.467 e. The van der Waals surface area contributed by atoms with Crippen molar-refractivity contribution in [3.63, 3.8) is 0 Å². The second-order valence-corrected chi connectivity index (χ2v) is 6.10. The van der Waals surface area contributed by atoms with Crippen molar-refractivity contribution in [1.82, 2.24) is 20.2 Å². The van der Waals surface area contributed by atoms with Gasteiger partial charge in [-0.25, -0.2) is 19.4 Å². The van der Waals surface area contributed by atoms with Crippen molar-refractivity contribution in [2.24, 2.45) is 0 Å². The van der Waals surface area contributed by atoms with Gasteiger partial charge in [-0.2, -0.15) is 0 Å². The van der Waals surface area contributed by atoms with Crippen LogP contribution in [0.2, 0.25) is 0 Å². The molecule has 3 rings (SSSR count). The summed E-state index contributed by atoms with van der Waals surface area (Å²) >= 11 is 0. The lowest BCUT2D eigenvalue weighted by molar-refractivity contribution is -0.141. The van der Waals surface area contributed by atoms with Crippen LogP contribution in [0, 0.1) is 0 Å². The first-order valence-corrected chi connectivity index (χ1v) is 8.79. The van der Waals surface area contributed by atoms with Gasteiger partial charge in [-0.1, -0.05) is 18.2 Å². The van der Waals surface area contributed by atoms with E-state index in [-0.39, 0.29) is 12.4 Å². The summed E-state index contributed by atoms with van der Waals surface area (Å²) in [7, 11) is 3.52. The van der Waals surface area contributed by atoms with E-state index in [2.05, 4.69) is 35.0 Å². The molecule has 1 aromatic carbocycles. The fourth-order valence-electron chi connectivity index (χ4n) is 2.87. The van der Waals surface area contributed by atoms with Gasteiger partial charge >= 0.3 is 17.9 Å². The van der Waals surface area contributed by atoms with E-state index in [1.807, 2.05) is 24.3 Å². The Balaban J connectivity index is 1.92. The van der Waals surface area contributed by atoms with Gasteiger partial charge in [0.1, 0.15) is 6.04 Å². The first kappa shape index (κ1) is 20.7. The van der Waals surface area contributed by atoms with Crippen molar-refractivity contribution < 1.29 is 28.6 Å². The van der Waals surface area contributed by atoms with Crippen LogP contribution in [0.15, 0.2) is 30.5 Å². The van der Waals surface area contributed by atoms with Crippen LogP contribution >= 0.6 is 0 Å². The number of H-pyrrole nitrogens is 1. The monoisotopic (exact) mass is 413 g/mol. The molecule has 0 saturated carbocycles. The minimum absolute atomic E-state index is 0.154. The summed E-state index contributed by atoms with van der Waals surface area (Å²) in [4.78, 5) is 43.3. The van der Waals surface area contributed by atoms with Crippen LogP contribution in [0.1, 0.15) is 26.5 Å². The van der Waals surface area contributed by atoms with Crippen LogP contribution in [0.4, 0.5) is 5.95 Å². The van der Waals surface area contributed by atoms with E-state index in [1.54, 1.807) is 6.20 Å². The number of nitrogens with zero attached hydrogens (tertiary/aromatic N) is 3. The van der Waals surface area contributed by atoms with E-state index in [0.717, 1.165) is 30.7 Å². The van der Waals surface area contributed by atoms with Crippen LogP contribution in [0.5, 0.6) is 0 Å². The Labute approximate surface area is 170 Å². The maximum atomic E-state index is 12.3. The van der Waals surface area contributed by atoms with Crippen molar-refractivity contribution >= 4 is 34.8 Å². The molecule has 0 aliphatic carbocycles. The van der Waals surface area contributed by atoms with E-state index < -0.39 is 35.3 Å². The fraction of sp³-hybridized carbons (Fsp3) is 0.263. The van der Waals surface area contributed by atoms with Gasteiger partial charge in [0.2, 0.25) is 11.6 Å². The zero-order valence-corrected chi connectivity index (χ0v) is 16.5. The number of carbonyl (C=O) groups excluding carboxylic acids is 3. The van der Waals surface area contributed by atoms with E-state index in [9.17, 15) is 14.4 Å². The number of nitrogens with one attached hydrogen (secondary N) is 2. The molecule has 0 bridgehead atoms. The Morgan fingerprint density at radius 2 is 1.70 bits per heavy atom. The summed E-state index contributed by atoms with van der Waals surface area (Å²) < 4.78 is 14.1.